The van der Waals surface area contributed by atoms with Crippen LogP contribution in [0.5, 0.6) is 0 Å². The van der Waals surface area contributed by atoms with E-state index in [4.69, 9.17) is 9.15 Å². The molecule has 0 saturated heterocycles. The number of benzene rings is 1. The third kappa shape index (κ3) is 3.20. The molecule has 0 unspecified atom stereocenters. The van der Waals surface area contributed by atoms with Crippen molar-refractivity contribution in [3.05, 3.63) is 53.2 Å². The van der Waals surface area contributed by atoms with Crippen molar-refractivity contribution in [2.75, 3.05) is 12.4 Å². The van der Waals surface area contributed by atoms with Gasteiger partial charge >= 0.3 is 0 Å². The quantitative estimate of drug-likeness (QED) is 0.922. The van der Waals surface area contributed by atoms with Crippen molar-refractivity contribution in [2.45, 2.75) is 13.5 Å². The fourth-order valence-corrected chi connectivity index (χ4v) is 1.63. The minimum atomic E-state index is -0.495. The largest absolute Gasteiger partial charge is 0.453 e. The fraction of sp³-hybridized carbons (Fsp3) is 0.214. The summed E-state index contributed by atoms with van der Waals surface area (Å²) < 4.78 is 23.7. The van der Waals surface area contributed by atoms with E-state index >= 15 is 0 Å². The summed E-state index contributed by atoms with van der Waals surface area (Å²) in [6, 6.07) is 7.76. The Kier molecular flexibility index (Phi) is 3.97. The molecule has 4 nitrogen and oxygen atoms in total. The number of amides is 1. The van der Waals surface area contributed by atoms with Gasteiger partial charge < -0.3 is 14.5 Å². The van der Waals surface area contributed by atoms with Gasteiger partial charge in [0.1, 0.15) is 18.2 Å². The lowest BCUT2D eigenvalue weighted by Crippen LogP contribution is -2.12. The van der Waals surface area contributed by atoms with Gasteiger partial charge in [0.25, 0.3) is 5.91 Å². The Morgan fingerprint density at radius 3 is 2.84 bits per heavy atom. The number of rotatable bonds is 4. The number of furan rings is 1. The van der Waals surface area contributed by atoms with Gasteiger partial charge in [0.15, 0.2) is 5.76 Å². The van der Waals surface area contributed by atoms with Crippen LogP contribution in [0.3, 0.4) is 0 Å². The molecule has 2 rings (SSSR count). The average molecular weight is 263 g/mol. The van der Waals surface area contributed by atoms with Gasteiger partial charge in [0.2, 0.25) is 0 Å². The Hall–Kier alpha value is -2.14. The van der Waals surface area contributed by atoms with Gasteiger partial charge in [-0.25, -0.2) is 4.39 Å². The molecule has 1 amide bonds. The van der Waals surface area contributed by atoms with Crippen LogP contribution >= 0.6 is 0 Å². The van der Waals surface area contributed by atoms with Gasteiger partial charge in [-0.3, -0.25) is 4.79 Å². The van der Waals surface area contributed by atoms with Crippen LogP contribution in [0, 0.1) is 12.7 Å². The number of hydrogen-bond acceptors (Lipinski definition) is 3. The van der Waals surface area contributed by atoms with E-state index in [-0.39, 0.29) is 18.1 Å². The molecule has 0 aliphatic rings. The number of nitrogens with one attached hydrogen (secondary N) is 1. The maximum Gasteiger partial charge on any atom is 0.291 e. The molecule has 0 bridgehead atoms. The van der Waals surface area contributed by atoms with Crippen LogP contribution in [0.15, 0.2) is 34.7 Å². The van der Waals surface area contributed by atoms with Gasteiger partial charge in [0, 0.05) is 7.11 Å². The molecule has 0 atom stereocenters. The van der Waals surface area contributed by atoms with E-state index in [1.807, 2.05) is 0 Å². The predicted molar refractivity (Wildman–Crippen MR) is 68.5 cm³/mol. The highest BCUT2D eigenvalue weighted by Crippen LogP contribution is 2.17. The molecule has 0 fully saturated rings. The SMILES string of the molecule is COCc1ccc(C(=O)Nc2ccc(C)cc2F)o1. The number of carbonyl (C=O) groups is 1. The van der Waals surface area contributed by atoms with Crippen LogP contribution in [-0.2, 0) is 11.3 Å². The first kappa shape index (κ1) is 13.3. The second-order valence-electron chi connectivity index (χ2n) is 4.14. The predicted octanol–water partition coefficient (Wildman–Crippen LogP) is 3.13. The van der Waals surface area contributed by atoms with Crippen molar-refractivity contribution in [2.24, 2.45) is 0 Å². The Labute approximate surface area is 110 Å². The lowest BCUT2D eigenvalue weighted by atomic mass is 10.2. The molecular weight excluding hydrogens is 249 g/mol. The lowest BCUT2D eigenvalue weighted by molar-refractivity contribution is 0.0987. The zero-order valence-electron chi connectivity index (χ0n) is 10.7. The standard InChI is InChI=1S/C14H14FNO3/c1-9-3-5-12(11(15)7-9)16-14(17)13-6-4-10(19-13)8-18-2/h3-7H,8H2,1-2H3,(H,16,17). The topological polar surface area (TPSA) is 51.5 Å². The smallest absolute Gasteiger partial charge is 0.291 e. The molecule has 19 heavy (non-hydrogen) atoms. The maximum atomic E-state index is 13.6. The monoisotopic (exact) mass is 263 g/mol. The normalized spacial score (nSPS) is 10.5. The summed E-state index contributed by atoms with van der Waals surface area (Å²) in [5, 5.41) is 2.46. The van der Waals surface area contributed by atoms with Crippen LogP contribution in [0.2, 0.25) is 0 Å². The Morgan fingerprint density at radius 1 is 1.37 bits per heavy atom. The van der Waals surface area contributed by atoms with Gasteiger partial charge in [-0.15, -0.1) is 0 Å². The third-order valence-electron chi connectivity index (χ3n) is 2.54. The van der Waals surface area contributed by atoms with Gasteiger partial charge in [0.05, 0.1) is 5.69 Å². The maximum absolute atomic E-state index is 13.6. The highest BCUT2D eigenvalue weighted by Gasteiger charge is 2.13. The van der Waals surface area contributed by atoms with E-state index in [2.05, 4.69) is 5.32 Å². The fourth-order valence-electron chi connectivity index (χ4n) is 1.63. The Morgan fingerprint density at radius 2 is 2.16 bits per heavy atom. The average Bonchev–Trinajstić information content (AvgIpc) is 2.82. The second kappa shape index (κ2) is 5.67. The molecule has 0 aliphatic heterocycles. The number of halogens is 1. The van der Waals surface area contributed by atoms with E-state index in [1.165, 1.54) is 25.3 Å². The molecular formula is C14H14FNO3. The van der Waals surface area contributed by atoms with Crippen molar-refractivity contribution < 1.29 is 18.3 Å². The van der Waals surface area contributed by atoms with Crippen molar-refractivity contribution in [1.29, 1.82) is 0 Å². The summed E-state index contributed by atoms with van der Waals surface area (Å²) in [5.41, 5.74) is 0.913. The van der Waals surface area contributed by atoms with E-state index < -0.39 is 11.7 Å². The molecule has 100 valence electrons. The van der Waals surface area contributed by atoms with Gasteiger partial charge in [-0.05, 0) is 36.8 Å². The Bertz CT molecular complexity index is 592. The summed E-state index contributed by atoms with van der Waals surface area (Å²) in [6.07, 6.45) is 0. The number of methoxy groups -OCH3 is 1. The van der Waals surface area contributed by atoms with Crippen molar-refractivity contribution in [1.82, 2.24) is 0 Å². The van der Waals surface area contributed by atoms with Crippen LogP contribution in [-0.4, -0.2) is 13.0 Å². The summed E-state index contributed by atoms with van der Waals surface area (Å²) in [7, 11) is 1.53. The highest BCUT2D eigenvalue weighted by atomic mass is 19.1. The first-order valence-corrected chi connectivity index (χ1v) is 5.75. The van der Waals surface area contributed by atoms with E-state index in [9.17, 15) is 9.18 Å². The summed E-state index contributed by atoms with van der Waals surface area (Å²) in [6.45, 7) is 2.06. The highest BCUT2D eigenvalue weighted by molar-refractivity contribution is 6.02. The number of carbonyl (C=O) groups excluding carboxylic acids is 1. The molecule has 0 spiro atoms. The second-order valence-corrected chi connectivity index (χ2v) is 4.14. The molecule has 1 heterocycles. The molecule has 1 N–H and O–H groups in total. The van der Waals surface area contributed by atoms with Crippen molar-refractivity contribution >= 4 is 11.6 Å². The third-order valence-corrected chi connectivity index (χ3v) is 2.54. The zero-order chi connectivity index (χ0) is 13.8. The molecule has 1 aromatic heterocycles. The molecule has 2 aromatic rings. The first-order chi connectivity index (χ1) is 9.10. The minimum Gasteiger partial charge on any atom is -0.453 e. The number of hydrogen-bond donors (Lipinski definition) is 1. The van der Waals surface area contributed by atoms with Crippen LogP contribution < -0.4 is 5.32 Å². The minimum absolute atomic E-state index is 0.118. The van der Waals surface area contributed by atoms with Crippen LogP contribution in [0.1, 0.15) is 21.9 Å². The van der Waals surface area contributed by atoms with Gasteiger partial charge in [-0.1, -0.05) is 6.07 Å². The first-order valence-electron chi connectivity index (χ1n) is 5.75. The van der Waals surface area contributed by atoms with Crippen molar-refractivity contribution in [3.8, 4) is 0 Å². The zero-order valence-corrected chi connectivity index (χ0v) is 10.7. The van der Waals surface area contributed by atoms with Crippen molar-refractivity contribution in [3.63, 3.8) is 0 Å². The molecule has 0 radical (unpaired) electrons. The summed E-state index contributed by atoms with van der Waals surface area (Å²) in [4.78, 5) is 11.9. The number of anilines is 1. The van der Waals surface area contributed by atoms with E-state index in [0.29, 0.717) is 5.76 Å². The summed E-state index contributed by atoms with van der Waals surface area (Å²) >= 11 is 0. The number of aryl methyl sites for hydroxylation is 1. The van der Waals surface area contributed by atoms with E-state index in [0.717, 1.165) is 5.56 Å². The molecule has 0 aliphatic carbocycles. The van der Waals surface area contributed by atoms with Gasteiger partial charge in [-0.2, -0.15) is 0 Å². The van der Waals surface area contributed by atoms with Crippen LogP contribution in [0.25, 0.3) is 0 Å². The molecule has 5 heteroatoms. The van der Waals surface area contributed by atoms with E-state index in [1.54, 1.807) is 19.1 Å². The Balaban J connectivity index is 2.11. The van der Waals surface area contributed by atoms with Crippen LogP contribution in [0.4, 0.5) is 10.1 Å². The molecule has 1 aromatic carbocycles. The number of ether oxygens (including phenoxy) is 1. The molecule has 0 saturated carbocycles. The summed E-state index contributed by atoms with van der Waals surface area (Å²) in [5.74, 6) is -0.314. The lowest BCUT2D eigenvalue weighted by Gasteiger charge is -2.05.